The molecule has 86 valence electrons. The first-order valence-electron chi connectivity index (χ1n) is 5.53. The topological polar surface area (TPSA) is 35.2 Å². The molecule has 0 aromatic heterocycles. The van der Waals surface area contributed by atoms with Gasteiger partial charge in [0.2, 0.25) is 0 Å². The van der Waals surface area contributed by atoms with Gasteiger partial charge < -0.3 is 10.5 Å². The number of hydrogen-bond acceptors (Lipinski definition) is 2. The van der Waals surface area contributed by atoms with Crippen molar-refractivity contribution in [1.82, 2.24) is 0 Å². The molecule has 0 amide bonds. The van der Waals surface area contributed by atoms with Crippen molar-refractivity contribution in [2.45, 2.75) is 37.3 Å². The molecule has 2 N–H and O–H groups in total. The van der Waals surface area contributed by atoms with Crippen molar-refractivity contribution in [1.29, 1.82) is 0 Å². The molecular weight excluding hydrogens is 245 g/mol. The molecule has 2 nitrogen and oxygen atoms in total. The summed E-state index contributed by atoms with van der Waals surface area (Å²) < 4.78 is 6.04. The first-order valence-corrected chi connectivity index (χ1v) is 6.29. The van der Waals surface area contributed by atoms with E-state index in [2.05, 4.69) is 0 Å². The van der Waals surface area contributed by atoms with E-state index in [1.165, 1.54) is 6.42 Å². The van der Waals surface area contributed by atoms with Crippen molar-refractivity contribution < 1.29 is 4.74 Å². The predicted molar refractivity (Wildman–Crippen MR) is 65.2 cm³/mol. The minimum absolute atomic E-state index is 0.0137. The molecule has 1 saturated carbocycles. The minimum atomic E-state index is -0.0517. The highest BCUT2D eigenvalue weighted by molar-refractivity contribution is 6.35. The Morgan fingerprint density at radius 2 is 2.06 bits per heavy atom. The van der Waals surface area contributed by atoms with Crippen LogP contribution in [0.4, 0.5) is 0 Å². The lowest BCUT2D eigenvalue weighted by Gasteiger charge is -2.47. The van der Waals surface area contributed by atoms with E-state index in [4.69, 9.17) is 33.7 Å². The van der Waals surface area contributed by atoms with Gasteiger partial charge in [-0.05, 0) is 31.4 Å². The smallest absolute Gasteiger partial charge is 0.143 e. The van der Waals surface area contributed by atoms with Crippen LogP contribution in [0.3, 0.4) is 0 Å². The van der Waals surface area contributed by atoms with E-state index in [1.807, 2.05) is 6.07 Å². The number of fused-ring (bicyclic) bond motifs is 1. The molecule has 3 rings (SSSR count). The molecular formula is C12H13Cl2NO. The van der Waals surface area contributed by atoms with Crippen LogP contribution in [0.15, 0.2) is 12.1 Å². The quantitative estimate of drug-likeness (QED) is 0.770. The van der Waals surface area contributed by atoms with Gasteiger partial charge in [-0.25, -0.2) is 0 Å². The lowest BCUT2D eigenvalue weighted by atomic mass is 9.73. The average Bonchev–Trinajstić information content (AvgIpc) is 2.17. The molecule has 0 bridgehead atoms. The van der Waals surface area contributed by atoms with E-state index in [0.717, 1.165) is 30.6 Å². The summed E-state index contributed by atoms with van der Waals surface area (Å²) in [5, 5.41) is 1.19. The van der Waals surface area contributed by atoms with Gasteiger partial charge in [0, 0.05) is 23.0 Å². The Hall–Kier alpha value is -0.440. The van der Waals surface area contributed by atoms with Crippen molar-refractivity contribution >= 4 is 23.2 Å². The molecule has 1 atom stereocenters. The van der Waals surface area contributed by atoms with E-state index in [0.29, 0.717) is 10.0 Å². The number of hydrogen-bond donors (Lipinski definition) is 1. The number of nitrogens with two attached hydrogens (primary N) is 1. The molecule has 1 spiro atoms. The second-order valence-corrected chi connectivity index (χ2v) is 5.60. The van der Waals surface area contributed by atoms with Gasteiger partial charge in [-0.1, -0.05) is 23.2 Å². The highest BCUT2D eigenvalue weighted by atomic mass is 35.5. The molecule has 1 aliphatic carbocycles. The third-order valence-electron chi connectivity index (χ3n) is 3.61. The SMILES string of the molecule is NC1CC2(CCC2)Oc2c(Cl)cc(Cl)cc21. The van der Waals surface area contributed by atoms with E-state index in [1.54, 1.807) is 6.07 Å². The monoisotopic (exact) mass is 257 g/mol. The molecule has 0 radical (unpaired) electrons. The van der Waals surface area contributed by atoms with Gasteiger partial charge in [0.1, 0.15) is 11.4 Å². The maximum absolute atomic E-state index is 6.17. The third-order valence-corrected chi connectivity index (χ3v) is 4.11. The zero-order chi connectivity index (χ0) is 11.3. The summed E-state index contributed by atoms with van der Waals surface area (Å²) in [6.45, 7) is 0. The summed E-state index contributed by atoms with van der Waals surface area (Å²) in [5.41, 5.74) is 7.06. The molecule has 4 heteroatoms. The van der Waals surface area contributed by atoms with Gasteiger partial charge in [0.25, 0.3) is 0 Å². The molecule has 1 aromatic rings. The van der Waals surface area contributed by atoms with E-state index in [9.17, 15) is 0 Å². The second-order valence-electron chi connectivity index (χ2n) is 4.76. The largest absolute Gasteiger partial charge is 0.485 e. The number of ether oxygens (including phenoxy) is 1. The molecule has 2 aliphatic rings. The molecule has 16 heavy (non-hydrogen) atoms. The van der Waals surface area contributed by atoms with Crippen molar-refractivity contribution in [3.05, 3.63) is 27.7 Å². The van der Waals surface area contributed by atoms with Gasteiger partial charge >= 0.3 is 0 Å². The number of benzene rings is 1. The van der Waals surface area contributed by atoms with E-state index >= 15 is 0 Å². The number of halogens is 2. The summed E-state index contributed by atoms with van der Waals surface area (Å²) in [5.74, 6) is 0.740. The molecule has 1 heterocycles. The lowest BCUT2D eigenvalue weighted by Crippen LogP contribution is -2.48. The lowest BCUT2D eigenvalue weighted by molar-refractivity contribution is -0.0328. The summed E-state index contributed by atoms with van der Waals surface area (Å²) >= 11 is 12.1. The second kappa shape index (κ2) is 3.52. The van der Waals surface area contributed by atoms with Gasteiger partial charge in [-0.2, -0.15) is 0 Å². The molecule has 1 aliphatic heterocycles. The Bertz CT molecular complexity index is 443. The molecule has 1 fully saturated rings. The van der Waals surface area contributed by atoms with Crippen LogP contribution in [0.25, 0.3) is 0 Å². The molecule has 1 aromatic carbocycles. The van der Waals surface area contributed by atoms with Crippen molar-refractivity contribution in [2.75, 3.05) is 0 Å². The van der Waals surface area contributed by atoms with Crippen LogP contribution in [0.1, 0.15) is 37.3 Å². The van der Waals surface area contributed by atoms with Crippen LogP contribution >= 0.6 is 23.2 Å². The maximum Gasteiger partial charge on any atom is 0.143 e. The highest BCUT2D eigenvalue weighted by Crippen LogP contribution is 2.50. The fourth-order valence-corrected chi connectivity index (χ4v) is 3.16. The van der Waals surface area contributed by atoms with Crippen LogP contribution in [-0.2, 0) is 0 Å². The summed E-state index contributed by atoms with van der Waals surface area (Å²) in [6, 6.07) is 3.56. The van der Waals surface area contributed by atoms with Crippen LogP contribution in [0.2, 0.25) is 10.0 Å². The van der Waals surface area contributed by atoms with Crippen molar-refractivity contribution in [3.8, 4) is 5.75 Å². The van der Waals surface area contributed by atoms with Gasteiger partial charge in [-0.3, -0.25) is 0 Å². The maximum atomic E-state index is 6.17. The van der Waals surface area contributed by atoms with Crippen LogP contribution in [0.5, 0.6) is 5.75 Å². The first kappa shape index (κ1) is 10.7. The molecule has 1 unspecified atom stereocenters. The Balaban J connectivity index is 2.07. The Labute approximate surface area is 105 Å². The van der Waals surface area contributed by atoms with Gasteiger partial charge in [0.05, 0.1) is 5.02 Å². The third kappa shape index (κ3) is 1.52. The zero-order valence-electron chi connectivity index (χ0n) is 8.80. The van der Waals surface area contributed by atoms with Crippen LogP contribution in [0, 0.1) is 0 Å². The minimum Gasteiger partial charge on any atom is -0.485 e. The number of rotatable bonds is 0. The van der Waals surface area contributed by atoms with E-state index < -0.39 is 0 Å². The van der Waals surface area contributed by atoms with Crippen molar-refractivity contribution in [2.24, 2.45) is 5.73 Å². The summed E-state index contributed by atoms with van der Waals surface area (Å²) in [6.07, 6.45) is 4.25. The first-order chi connectivity index (χ1) is 7.60. The predicted octanol–water partition coefficient (Wildman–Crippen LogP) is 3.70. The zero-order valence-corrected chi connectivity index (χ0v) is 10.3. The van der Waals surface area contributed by atoms with E-state index in [-0.39, 0.29) is 11.6 Å². The van der Waals surface area contributed by atoms with Gasteiger partial charge in [0.15, 0.2) is 0 Å². The average molecular weight is 258 g/mol. The Kier molecular flexibility index (Phi) is 2.36. The van der Waals surface area contributed by atoms with Crippen molar-refractivity contribution in [3.63, 3.8) is 0 Å². The standard InChI is InChI=1S/C12H13Cl2NO/c13-7-4-8-10(15)6-12(2-1-3-12)16-11(8)9(14)5-7/h4-5,10H,1-3,6,15H2. The fourth-order valence-electron chi connectivity index (χ4n) is 2.61. The highest BCUT2D eigenvalue weighted by Gasteiger charge is 2.45. The summed E-state index contributed by atoms with van der Waals surface area (Å²) in [4.78, 5) is 0. The molecule has 0 saturated heterocycles. The Morgan fingerprint density at radius 3 is 2.69 bits per heavy atom. The fraction of sp³-hybridized carbons (Fsp3) is 0.500. The Morgan fingerprint density at radius 1 is 1.31 bits per heavy atom. The van der Waals surface area contributed by atoms with Crippen LogP contribution in [-0.4, -0.2) is 5.60 Å². The van der Waals surface area contributed by atoms with Crippen LogP contribution < -0.4 is 10.5 Å². The van der Waals surface area contributed by atoms with Gasteiger partial charge in [-0.15, -0.1) is 0 Å². The summed E-state index contributed by atoms with van der Waals surface area (Å²) in [7, 11) is 0. The normalized spacial score (nSPS) is 25.8.